The third-order valence-electron chi connectivity index (χ3n) is 3.18. The molecule has 0 aliphatic carbocycles. The molecule has 4 N–H and O–H groups in total. The molecule has 5 nitrogen and oxygen atoms in total. The summed E-state index contributed by atoms with van der Waals surface area (Å²) in [4.78, 5) is 23.1. The Morgan fingerprint density at radius 2 is 1.81 bits per heavy atom. The van der Waals surface area contributed by atoms with E-state index in [0.29, 0.717) is 16.9 Å². The predicted molar refractivity (Wildman–Crippen MR) is 81.3 cm³/mol. The van der Waals surface area contributed by atoms with Gasteiger partial charge in [-0.3, -0.25) is 4.79 Å². The van der Waals surface area contributed by atoms with Crippen LogP contribution in [-0.4, -0.2) is 17.0 Å². The van der Waals surface area contributed by atoms with Crippen LogP contribution >= 0.6 is 0 Å². The van der Waals surface area contributed by atoms with E-state index in [2.05, 4.69) is 5.32 Å². The monoisotopic (exact) mass is 284 g/mol. The van der Waals surface area contributed by atoms with Gasteiger partial charge in [0.05, 0.1) is 12.0 Å². The second-order valence-corrected chi connectivity index (χ2v) is 4.75. The van der Waals surface area contributed by atoms with Crippen molar-refractivity contribution in [2.24, 2.45) is 0 Å². The number of benzene rings is 2. The van der Waals surface area contributed by atoms with E-state index in [1.54, 1.807) is 43.3 Å². The number of nitrogens with two attached hydrogens (primary N) is 1. The van der Waals surface area contributed by atoms with Gasteiger partial charge in [-0.05, 0) is 42.3 Å². The lowest BCUT2D eigenvalue weighted by atomic mass is 10.1. The zero-order valence-corrected chi connectivity index (χ0v) is 11.6. The lowest BCUT2D eigenvalue weighted by Gasteiger charge is -2.10. The van der Waals surface area contributed by atoms with Crippen molar-refractivity contribution < 1.29 is 14.7 Å². The van der Waals surface area contributed by atoms with Crippen LogP contribution in [0.15, 0.2) is 42.5 Å². The Hall–Kier alpha value is -2.82. The van der Waals surface area contributed by atoms with Crippen molar-refractivity contribution in [3.63, 3.8) is 0 Å². The number of hydrogen-bond acceptors (Lipinski definition) is 3. The van der Waals surface area contributed by atoms with Crippen molar-refractivity contribution >= 4 is 23.3 Å². The SMILES string of the molecule is Cc1c(NC(=O)Cc2ccc(N)cc2)cccc1C(=O)O. The Kier molecular flexibility index (Phi) is 4.23. The molecule has 0 spiro atoms. The van der Waals surface area contributed by atoms with Gasteiger partial charge in [-0.15, -0.1) is 0 Å². The number of carboxylic acids is 1. The van der Waals surface area contributed by atoms with Crippen LogP contribution in [0.1, 0.15) is 21.5 Å². The number of rotatable bonds is 4. The molecule has 0 aromatic heterocycles. The van der Waals surface area contributed by atoms with Gasteiger partial charge in [0, 0.05) is 11.4 Å². The molecule has 0 fully saturated rings. The summed E-state index contributed by atoms with van der Waals surface area (Å²) < 4.78 is 0. The number of anilines is 2. The minimum atomic E-state index is -1.01. The third kappa shape index (κ3) is 3.60. The van der Waals surface area contributed by atoms with E-state index in [1.165, 1.54) is 6.07 Å². The van der Waals surface area contributed by atoms with Crippen molar-refractivity contribution in [1.82, 2.24) is 0 Å². The first-order valence-electron chi connectivity index (χ1n) is 6.44. The fourth-order valence-electron chi connectivity index (χ4n) is 2.02. The van der Waals surface area contributed by atoms with Crippen LogP contribution in [0.4, 0.5) is 11.4 Å². The molecule has 0 heterocycles. The van der Waals surface area contributed by atoms with Crippen LogP contribution in [0, 0.1) is 6.92 Å². The molecule has 5 heteroatoms. The average Bonchev–Trinajstić information content (AvgIpc) is 2.43. The summed E-state index contributed by atoms with van der Waals surface area (Å²) in [6.07, 6.45) is 0.205. The molecule has 0 bridgehead atoms. The quantitative estimate of drug-likeness (QED) is 0.752. The molecule has 21 heavy (non-hydrogen) atoms. The van der Waals surface area contributed by atoms with Crippen molar-refractivity contribution in [2.75, 3.05) is 11.1 Å². The molecule has 2 rings (SSSR count). The number of amides is 1. The highest BCUT2D eigenvalue weighted by Gasteiger charge is 2.12. The Morgan fingerprint density at radius 3 is 2.43 bits per heavy atom. The maximum Gasteiger partial charge on any atom is 0.336 e. The summed E-state index contributed by atoms with van der Waals surface area (Å²) >= 11 is 0. The fraction of sp³-hybridized carbons (Fsp3) is 0.125. The standard InChI is InChI=1S/C16H16N2O3/c1-10-13(16(20)21)3-2-4-14(10)18-15(19)9-11-5-7-12(17)8-6-11/h2-8H,9,17H2,1H3,(H,18,19)(H,20,21). The van der Waals surface area contributed by atoms with Gasteiger partial charge in [-0.2, -0.15) is 0 Å². The molecule has 0 atom stereocenters. The molecule has 0 aliphatic rings. The minimum Gasteiger partial charge on any atom is -0.478 e. The summed E-state index contributed by atoms with van der Waals surface area (Å²) in [6, 6.07) is 11.8. The van der Waals surface area contributed by atoms with Crippen LogP contribution in [0.3, 0.4) is 0 Å². The summed E-state index contributed by atoms with van der Waals surface area (Å²) in [7, 11) is 0. The maximum atomic E-state index is 12.0. The second-order valence-electron chi connectivity index (χ2n) is 4.75. The topological polar surface area (TPSA) is 92.4 Å². The second kappa shape index (κ2) is 6.09. The highest BCUT2D eigenvalue weighted by atomic mass is 16.4. The van der Waals surface area contributed by atoms with E-state index in [1.807, 2.05) is 0 Å². The van der Waals surface area contributed by atoms with Gasteiger partial charge in [0.2, 0.25) is 5.91 Å². The molecule has 2 aromatic carbocycles. The smallest absolute Gasteiger partial charge is 0.336 e. The molecule has 0 radical (unpaired) electrons. The van der Waals surface area contributed by atoms with Gasteiger partial charge in [-0.1, -0.05) is 18.2 Å². The molecule has 0 aliphatic heterocycles. The first-order chi connectivity index (χ1) is 9.97. The number of carboxylic acid groups (broad SMARTS) is 1. The zero-order valence-electron chi connectivity index (χ0n) is 11.6. The number of carbonyl (C=O) groups is 2. The van der Waals surface area contributed by atoms with Crippen LogP contribution < -0.4 is 11.1 Å². The van der Waals surface area contributed by atoms with Crippen LogP contribution in [0.25, 0.3) is 0 Å². The molecule has 2 aromatic rings. The summed E-state index contributed by atoms with van der Waals surface area (Å²) in [5.74, 6) is -1.22. The first kappa shape index (κ1) is 14.6. The fourth-order valence-corrected chi connectivity index (χ4v) is 2.02. The van der Waals surface area contributed by atoms with Crippen molar-refractivity contribution in [3.05, 3.63) is 59.2 Å². The highest BCUT2D eigenvalue weighted by Crippen LogP contribution is 2.19. The molecule has 0 unspecified atom stereocenters. The minimum absolute atomic E-state index is 0.181. The van der Waals surface area contributed by atoms with E-state index in [-0.39, 0.29) is 17.9 Å². The van der Waals surface area contributed by atoms with Gasteiger partial charge in [-0.25, -0.2) is 4.79 Å². The number of carbonyl (C=O) groups excluding carboxylic acids is 1. The third-order valence-corrected chi connectivity index (χ3v) is 3.18. The molecular weight excluding hydrogens is 268 g/mol. The Balaban J connectivity index is 2.11. The van der Waals surface area contributed by atoms with E-state index in [0.717, 1.165) is 5.56 Å². The van der Waals surface area contributed by atoms with Crippen molar-refractivity contribution in [2.45, 2.75) is 13.3 Å². The van der Waals surface area contributed by atoms with Crippen molar-refractivity contribution in [3.8, 4) is 0 Å². The molecular formula is C16H16N2O3. The zero-order chi connectivity index (χ0) is 15.4. The Morgan fingerprint density at radius 1 is 1.14 bits per heavy atom. The van der Waals surface area contributed by atoms with Gasteiger partial charge in [0.15, 0.2) is 0 Å². The number of aromatic carboxylic acids is 1. The predicted octanol–water partition coefficient (Wildman–Crippen LogP) is 2.46. The van der Waals surface area contributed by atoms with Gasteiger partial charge >= 0.3 is 5.97 Å². The molecule has 0 saturated carbocycles. The maximum absolute atomic E-state index is 12.0. The van der Waals surface area contributed by atoms with Gasteiger partial charge < -0.3 is 16.2 Å². The van der Waals surface area contributed by atoms with E-state index >= 15 is 0 Å². The lowest BCUT2D eigenvalue weighted by molar-refractivity contribution is -0.115. The Labute approximate surface area is 122 Å². The highest BCUT2D eigenvalue weighted by molar-refractivity contribution is 5.96. The largest absolute Gasteiger partial charge is 0.478 e. The summed E-state index contributed by atoms with van der Waals surface area (Å²) in [5, 5.41) is 11.8. The normalized spacial score (nSPS) is 10.1. The van der Waals surface area contributed by atoms with Gasteiger partial charge in [0.25, 0.3) is 0 Å². The van der Waals surface area contributed by atoms with Crippen LogP contribution in [0.2, 0.25) is 0 Å². The number of nitrogens with one attached hydrogen (secondary N) is 1. The Bertz CT molecular complexity index is 678. The average molecular weight is 284 g/mol. The van der Waals surface area contributed by atoms with Crippen molar-refractivity contribution in [1.29, 1.82) is 0 Å². The van der Waals surface area contributed by atoms with E-state index < -0.39 is 5.97 Å². The molecule has 0 saturated heterocycles. The summed E-state index contributed by atoms with van der Waals surface area (Å²) in [6.45, 7) is 1.67. The lowest BCUT2D eigenvalue weighted by Crippen LogP contribution is -2.16. The van der Waals surface area contributed by atoms with Crippen LogP contribution in [0.5, 0.6) is 0 Å². The van der Waals surface area contributed by atoms with E-state index in [4.69, 9.17) is 10.8 Å². The summed E-state index contributed by atoms with van der Waals surface area (Å²) in [5.41, 5.74) is 8.30. The number of nitrogen functional groups attached to an aromatic ring is 1. The molecule has 1 amide bonds. The van der Waals surface area contributed by atoms with Crippen LogP contribution in [-0.2, 0) is 11.2 Å². The molecule has 108 valence electrons. The van der Waals surface area contributed by atoms with Gasteiger partial charge in [0.1, 0.15) is 0 Å². The first-order valence-corrected chi connectivity index (χ1v) is 6.44. The van der Waals surface area contributed by atoms with E-state index in [9.17, 15) is 9.59 Å². The number of hydrogen-bond donors (Lipinski definition) is 3.